The second-order valence-corrected chi connectivity index (χ2v) is 5.07. The molecule has 0 saturated heterocycles. The Morgan fingerprint density at radius 2 is 2.16 bits per heavy atom. The van der Waals surface area contributed by atoms with Crippen LogP contribution in [0.15, 0.2) is 23.2 Å². The lowest BCUT2D eigenvalue weighted by molar-refractivity contribution is 0.174. The first-order chi connectivity index (χ1) is 9.31. The zero-order chi connectivity index (χ0) is 13.1. The molecule has 102 valence electrons. The van der Waals surface area contributed by atoms with Crippen molar-refractivity contribution in [2.75, 3.05) is 13.3 Å². The molecule has 2 aliphatic rings. The molecule has 1 aromatic rings. The zero-order valence-corrected chi connectivity index (χ0v) is 10.9. The molecule has 1 fully saturated rings. The molecule has 0 unspecified atom stereocenters. The summed E-state index contributed by atoms with van der Waals surface area (Å²) >= 11 is 0. The molecule has 0 atom stereocenters. The van der Waals surface area contributed by atoms with Gasteiger partial charge in [-0.2, -0.15) is 0 Å². The highest BCUT2D eigenvalue weighted by Gasteiger charge is 2.17. The molecular formula is C14H19N3O2. The maximum atomic E-state index is 5.84. The lowest BCUT2D eigenvalue weighted by Gasteiger charge is -2.25. The van der Waals surface area contributed by atoms with Gasteiger partial charge in [-0.3, -0.25) is 0 Å². The molecular weight excluding hydrogens is 242 g/mol. The second kappa shape index (κ2) is 5.38. The van der Waals surface area contributed by atoms with Gasteiger partial charge in [0.25, 0.3) is 0 Å². The van der Waals surface area contributed by atoms with Crippen molar-refractivity contribution < 1.29 is 9.47 Å². The number of aliphatic imine (C=N–C) groups is 1. The minimum absolute atomic E-state index is 0.299. The van der Waals surface area contributed by atoms with Crippen LogP contribution in [0.4, 0.5) is 0 Å². The van der Waals surface area contributed by atoms with Gasteiger partial charge in [0.15, 0.2) is 17.5 Å². The SMILES string of the molecule is NC(=NCc1ccc2c(c1)OCO2)NCC1CCC1. The van der Waals surface area contributed by atoms with Crippen LogP contribution in [0.25, 0.3) is 0 Å². The van der Waals surface area contributed by atoms with Crippen LogP contribution in [-0.2, 0) is 6.54 Å². The average molecular weight is 261 g/mol. The van der Waals surface area contributed by atoms with Gasteiger partial charge < -0.3 is 20.5 Å². The largest absolute Gasteiger partial charge is 0.454 e. The first kappa shape index (κ1) is 12.1. The van der Waals surface area contributed by atoms with Crippen molar-refractivity contribution in [3.8, 4) is 11.5 Å². The van der Waals surface area contributed by atoms with Crippen molar-refractivity contribution in [1.29, 1.82) is 0 Å². The Hall–Kier alpha value is -1.91. The van der Waals surface area contributed by atoms with Crippen molar-refractivity contribution in [2.45, 2.75) is 25.8 Å². The fourth-order valence-electron chi connectivity index (χ4n) is 2.22. The Kier molecular flexibility index (Phi) is 3.44. The molecule has 0 radical (unpaired) electrons. The number of ether oxygens (including phenoxy) is 2. The number of nitrogens with two attached hydrogens (primary N) is 1. The quantitative estimate of drug-likeness (QED) is 0.638. The average Bonchev–Trinajstić information content (AvgIpc) is 2.81. The molecule has 5 nitrogen and oxygen atoms in total. The van der Waals surface area contributed by atoms with Crippen molar-refractivity contribution in [3.05, 3.63) is 23.8 Å². The maximum Gasteiger partial charge on any atom is 0.231 e. The van der Waals surface area contributed by atoms with Gasteiger partial charge in [0.05, 0.1) is 6.54 Å². The van der Waals surface area contributed by atoms with E-state index in [9.17, 15) is 0 Å². The van der Waals surface area contributed by atoms with Crippen LogP contribution >= 0.6 is 0 Å². The summed E-state index contributed by atoms with van der Waals surface area (Å²) in [7, 11) is 0. The van der Waals surface area contributed by atoms with Crippen LogP contribution < -0.4 is 20.5 Å². The molecule has 1 heterocycles. The number of fused-ring (bicyclic) bond motifs is 1. The fraction of sp³-hybridized carbons (Fsp3) is 0.500. The molecule has 3 rings (SSSR count). The number of benzene rings is 1. The van der Waals surface area contributed by atoms with E-state index in [1.807, 2.05) is 18.2 Å². The van der Waals surface area contributed by atoms with E-state index in [1.165, 1.54) is 19.3 Å². The Labute approximate surface area is 112 Å². The highest BCUT2D eigenvalue weighted by molar-refractivity contribution is 5.77. The maximum absolute atomic E-state index is 5.84. The topological polar surface area (TPSA) is 68.9 Å². The van der Waals surface area contributed by atoms with Gasteiger partial charge in [0.1, 0.15) is 0 Å². The Morgan fingerprint density at radius 1 is 1.32 bits per heavy atom. The van der Waals surface area contributed by atoms with E-state index in [4.69, 9.17) is 15.2 Å². The van der Waals surface area contributed by atoms with Gasteiger partial charge >= 0.3 is 0 Å². The van der Waals surface area contributed by atoms with Crippen LogP contribution in [0.5, 0.6) is 11.5 Å². The monoisotopic (exact) mass is 261 g/mol. The van der Waals surface area contributed by atoms with Gasteiger partial charge in [-0.05, 0) is 36.5 Å². The van der Waals surface area contributed by atoms with Crippen LogP contribution in [-0.4, -0.2) is 19.3 Å². The van der Waals surface area contributed by atoms with Crippen molar-refractivity contribution in [3.63, 3.8) is 0 Å². The first-order valence-electron chi connectivity index (χ1n) is 6.73. The van der Waals surface area contributed by atoms with Crippen LogP contribution in [0.2, 0.25) is 0 Å². The van der Waals surface area contributed by atoms with E-state index in [0.29, 0.717) is 19.3 Å². The van der Waals surface area contributed by atoms with Gasteiger partial charge in [-0.25, -0.2) is 4.99 Å². The van der Waals surface area contributed by atoms with E-state index in [1.54, 1.807) is 0 Å². The van der Waals surface area contributed by atoms with Crippen molar-refractivity contribution in [2.24, 2.45) is 16.6 Å². The second-order valence-electron chi connectivity index (χ2n) is 5.07. The summed E-state index contributed by atoms with van der Waals surface area (Å²) in [5.74, 6) is 2.88. The third-order valence-corrected chi connectivity index (χ3v) is 3.67. The highest BCUT2D eigenvalue weighted by atomic mass is 16.7. The van der Waals surface area contributed by atoms with Crippen LogP contribution in [0.1, 0.15) is 24.8 Å². The molecule has 1 aromatic carbocycles. The first-order valence-corrected chi connectivity index (χ1v) is 6.73. The van der Waals surface area contributed by atoms with Gasteiger partial charge in [0.2, 0.25) is 6.79 Å². The molecule has 1 saturated carbocycles. The normalized spacial score (nSPS) is 18.2. The standard InChI is InChI=1S/C14H19N3O2/c15-14(16-7-10-2-1-3-10)17-8-11-4-5-12-13(6-11)19-9-18-12/h4-6,10H,1-3,7-9H2,(H3,15,16,17). The molecule has 1 aliphatic carbocycles. The molecule has 3 N–H and O–H groups in total. The fourth-order valence-corrected chi connectivity index (χ4v) is 2.22. The summed E-state index contributed by atoms with van der Waals surface area (Å²) in [6.07, 6.45) is 3.96. The molecule has 5 heteroatoms. The Bertz CT molecular complexity index is 484. The third kappa shape index (κ3) is 2.92. The molecule has 0 bridgehead atoms. The summed E-state index contributed by atoms with van der Waals surface area (Å²) in [5, 5.41) is 3.18. The number of hydrogen-bond donors (Lipinski definition) is 2. The number of hydrogen-bond acceptors (Lipinski definition) is 3. The lowest BCUT2D eigenvalue weighted by atomic mass is 9.85. The van der Waals surface area contributed by atoms with Crippen LogP contribution in [0.3, 0.4) is 0 Å². The minimum Gasteiger partial charge on any atom is -0.454 e. The summed E-state index contributed by atoms with van der Waals surface area (Å²) in [6.45, 7) is 1.80. The highest BCUT2D eigenvalue weighted by Crippen LogP contribution is 2.32. The summed E-state index contributed by atoms with van der Waals surface area (Å²) in [5.41, 5.74) is 6.91. The van der Waals surface area contributed by atoms with Crippen molar-refractivity contribution >= 4 is 5.96 Å². The number of nitrogens with one attached hydrogen (secondary N) is 1. The summed E-state index contributed by atoms with van der Waals surface area (Å²) < 4.78 is 10.6. The van der Waals surface area contributed by atoms with Gasteiger partial charge in [-0.15, -0.1) is 0 Å². The molecule has 19 heavy (non-hydrogen) atoms. The molecule has 0 amide bonds. The van der Waals surface area contributed by atoms with Crippen molar-refractivity contribution in [1.82, 2.24) is 5.32 Å². The van der Waals surface area contributed by atoms with Gasteiger partial charge in [0, 0.05) is 6.54 Å². The van der Waals surface area contributed by atoms with Crippen LogP contribution in [0, 0.1) is 5.92 Å². The Balaban J connectivity index is 1.52. The van der Waals surface area contributed by atoms with Gasteiger partial charge in [-0.1, -0.05) is 12.5 Å². The summed E-state index contributed by atoms with van der Waals surface area (Å²) in [4.78, 5) is 4.34. The minimum atomic E-state index is 0.299. The molecule has 1 aliphatic heterocycles. The molecule has 0 aromatic heterocycles. The predicted octanol–water partition coefficient (Wildman–Crippen LogP) is 1.62. The molecule has 0 spiro atoms. The number of guanidine groups is 1. The predicted molar refractivity (Wildman–Crippen MR) is 73.2 cm³/mol. The van der Waals surface area contributed by atoms with E-state index < -0.39 is 0 Å². The number of nitrogens with zero attached hydrogens (tertiary/aromatic N) is 1. The number of rotatable bonds is 4. The van der Waals surface area contributed by atoms with E-state index in [-0.39, 0.29) is 0 Å². The zero-order valence-electron chi connectivity index (χ0n) is 10.9. The lowest BCUT2D eigenvalue weighted by Crippen LogP contribution is -2.37. The van der Waals surface area contributed by atoms with E-state index in [0.717, 1.165) is 29.5 Å². The third-order valence-electron chi connectivity index (χ3n) is 3.67. The summed E-state index contributed by atoms with van der Waals surface area (Å²) in [6, 6.07) is 5.84. The smallest absolute Gasteiger partial charge is 0.231 e. The Morgan fingerprint density at radius 3 is 2.95 bits per heavy atom. The van der Waals surface area contributed by atoms with E-state index >= 15 is 0 Å². The van der Waals surface area contributed by atoms with E-state index in [2.05, 4.69) is 10.3 Å².